The predicted octanol–water partition coefficient (Wildman–Crippen LogP) is 1.36. The molecule has 2 unspecified atom stereocenters. The summed E-state index contributed by atoms with van der Waals surface area (Å²) in [5.41, 5.74) is 0.0446. The number of amides is 1. The lowest BCUT2D eigenvalue weighted by Gasteiger charge is -2.45. The molecule has 2 atom stereocenters. The summed E-state index contributed by atoms with van der Waals surface area (Å²) in [6.45, 7) is 13.5. The molecule has 1 saturated heterocycles. The largest absolute Gasteiger partial charge is 0.352 e. The fourth-order valence-corrected chi connectivity index (χ4v) is 2.73. The van der Waals surface area contributed by atoms with Gasteiger partial charge < -0.3 is 10.6 Å². The van der Waals surface area contributed by atoms with Gasteiger partial charge in [0.2, 0.25) is 5.91 Å². The van der Waals surface area contributed by atoms with E-state index < -0.39 is 0 Å². The van der Waals surface area contributed by atoms with Crippen LogP contribution in [0.25, 0.3) is 0 Å². The molecule has 1 amide bonds. The fraction of sp³-hybridized carbons (Fsp3) is 0.929. The molecule has 0 aromatic heterocycles. The summed E-state index contributed by atoms with van der Waals surface area (Å²) < 4.78 is 0. The highest BCUT2D eigenvalue weighted by atomic mass is 16.2. The molecule has 4 heteroatoms. The zero-order valence-corrected chi connectivity index (χ0v) is 12.5. The molecular weight excluding hydrogens is 226 g/mol. The van der Waals surface area contributed by atoms with Crippen LogP contribution in [-0.4, -0.2) is 48.1 Å². The third-order valence-electron chi connectivity index (χ3n) is 3.82. The Bertz CT molecular complexity index is 278. The molecule has 18 heavy (non-hydrogen) atoms. The van der Waals surface area contributed by atoms with E-state index in [9.17, 15) is 4.79 Å². The van der Waals surface area contributed by atoms with E-state index in [-0.39, 0.29) is 23.5 Å². The summed E-state index contributed by atoms with van der Waals surface area (Å²) in [4.78, 5) is 14.5. The Balaban J connectivity index is 2.56. The first-order valence-corrected chi connectivity index (χ1v) is 7.16. The molecule has 0 bridgehead atoms. The summed E-state index contributed by atoms with van der Waals surface area (Å²) >= 11 is 0. The van der Waals surface area contributed by atoms with Crippen LogP contribution >= 0.6 is 0 Å². The van der Waals surface area contributed by atoms with Crippen molar-refractivity contribution in [2.24, 2.45) is 0 Å². The normalized spacial score (nSPS) is 23.4. The molecule has 0 spiro atoms. The summed E-state index contributed by atoms with van der Waals surface area (Å²) in [7, 11) is 0. The Labute approximate surface area is 111 Å². The van der Waals surface area contributed by atoms with Crippen LogP contribution in [0.1, 0.15) is 47.5 Å². The Hall–Kier alpha value is -0.610. The highest BCUT2D eigenvalue weighted by Crippen LogP contribution is 2.19. The second kappa shape index (κ2) is 6.53. The number of nitrogens with zero attached hydrogens (tertiary/aromatic N) is 1. The van der Waals surface area contributed by atoms with Gasteiger partial charge in [0.25, 0.3) is 0 Å². The molecule has 1 fully saturated rings. The first-order valence-electron chi connectivity index (χ1n) is 7.16. The van der Waals surface area contributed by atoms with Gasteiger partial charge in [-0.1, -0.05) is 13.3 Å². The van der Waals surface area contributed by atoms with E-state index in [0.717, 1.165) is 32.5 Å². The summed E-state index contributed by atoms with van der Waals surface area (Å²) in [6, 6.07) is 0.220. The number of hydrogen-bond donors (Lipinski definition) is 2. The number of nitrogens with one attached hydrogen (secondary N) is 2. The summed E-state index contributed by atoms with van der Waals surface area (Å²) in [6.07, 6.45) is 2.15. The molecule has 1 aliphatic heterocycles. The van der Waals surface area contributed by atoms with Crippen molar-refractivity contribution < 1.29 is 4.79 Å². The van der Waals surface area contributed by atoms with Gasteiger partial charge in [0.15, 0.2) is 0 Å². The maximum Gasteiger partial charge on any atom is 0.237 e. The van der Waals surface area contributed by atoms with E-state index in [1.807, 2.05) is 6.92 Å². The maximum atomic E-state index is 12.2. The summed E-state index contributed by atoms with van der Waals surface area (Å²) in [5, 5.41) is 6.50. The van der Waals surface area contributed by atoms with Crippen LogP contribution in [0.2, 0.25) is 0 Å². The number of rotatable bonds is 5. The number of piperazine rings is 1. The first kappa shape index (κ1) is 15.4. The van der Waals surface area contributed by atoms with Gasteiger partial charge in [-0.15, -0.1) is 0 Å². The van der Waals surface area contributed by atoms with Gasteiger partial charge in [-0.3, -0.25) is 9.69 Å². The summed E-state index contributed by atoms with van der Waals surface area (Å²) in [5.74, 6) is 0.158. The van der Waals surface area contributed by atoms with Crippen LogP contribution in [0, 0.1) is 0 Å². The van der Waals surface area contributed by atoms with Gasteiger partial charge in [0.1, 0.15) is 0 Å². The Morgan fingerprint density at radius 1 is 1.44 bits per heavy atom. The van der Waals surface area contributed by atoms with Crippen molar-refractivity contribution in [2.45, 2.75) is 65.1 Å². The van der Waals surface area contributed by atoms with Gasteiger partial charge in [-0.05, 0) is 34.1 Å². The average Bonchev–Trinajstić information content (AvgIpc) is 2.27. The minimum absolute atomic E-state index is 0.0446. The van der Waals surface area contributed by atoms with Crippen LogP contribution in [0.15, 0.2) is 0 Å². The third kappa shape index (κ3) is 3.95. The highest BCUT2D eigenvalue weighted by Gasteiger charge is 2.35. The molecule has 0 aromatic carbocycles. The molecule has 1 rings (SSSR count). The van der Waals surface area contributed by atoms with Crippen molar-refractivity contribution in [3.63, 3.8) is 0 Å². The molecule has 0 radical (unpaired) electrons. The van der Waals surface area contributed by atoms with Crippen LogP contribution in [0.4, 0.5) is 0 Å². The first-order chi connectivity index (χ1) is 8.38. The van der Waals surface area contributed by atoms with Crippen molar-refractivity contribution in [3.05, 3.63) is 0 Å². The SMILES string of the molecule is CCCC(C)NC(=O)C(C)N1CCNCC1(C)C. The van der Waals surface area contributed by atoms with Gasteiger partial charge in [-0.2, -0.15) is 0 Å². The van der Waals surface area contributed by atoms with E-state index in [4.69, 9.17) is 0 Å². The minimum Gasteiger partial charge on any atom is -0.352 e. The fourth-order valence-electron chi connectivity index (χ4n) is 2.73. The van der Waals surface area contributed by atoms with Crippen LogP contribution < -0.4 is 10.6 Å². The zero-order valence-electron chi connectivity index (χ0n) is 12.5. The third-order valence-corrected chi connectivity index (χ3v) is 3.82. The van der Waals surface area contributed by atoms with E-state index in [1.165, 1.54) is 0 Å². The van der Waals surface area contributed by atoms with Crippen LogP contribution in [0.3, 0.4) is 0 Å². The smallest absolute Gasteiger partial charge is 0.237 e. The number of carbonyl (C=O) groups excluding carboxylic acids is 1. The van der Waals surface area contributed by atoms with Crippen molar-refractivity contribution in [1.82, 2.24) is 15.5 Å². The second-order valence-corrected chi connectivity index (χ2v) is 6.06. The Morgan fingerprint density at radius 2 is 2.11 bits per heavy atom. The zero-order chi connectivity index (χ0) is 13.8. The van der Waals surface area contributed by atoms with Crippen LogP contribution in [-0.2, 0) is 4.79 Å². The van der Waals surface area contributed by atoms with E-state index >= 15 is 0 Å². The quantitative estimate of drug-likeness (QED) is 0.780. The molecule has 1 heterocycles. The molecule has 4 nitrogen and oxygen atoms in total. The van der Waals surface area contributed by atoms with E-state index in [1.54, 1.807) is 0 Å². The van der Waals surface area contributed by atoms with Crippen molar-refractivity contribution >= 4 is 5.91 Å². The standard InChI is InChI=1S/C14H29N3O/c1-6-7-11(2)16-13(18)12(3)17-9-8-15-10-14(17,4)5/h11-12,15H,6-10H2,1-5H3,(H,16,18). The molecule has 106 valence electrons. The molecule has 1 aliphatic rings. The van der Waals surface area contributed by atoms with Gasteiger partial charge >= 0.3 is 0 Å². The van der Waals surface area contributed by atoms with Gasteiger partial charge in [-0.25, -0.2) is 0 Å². The Kier molecular flexibility index (Phi) is 5.60. The van der Waals surface area contributed by atoms with Crippen molar-refractivity contribution in [3.8, 4) is 0 Å². The molecule has 0 aliphatic carbocycles. The number of carbonyl (C=O) groups is 1. The van der Waals surface area contributed by atoms with E-state index in [0.29, 0.717) is 0 Å². The molecule has 2 N–H and O–H groups in total. The van der Waals surface area contributed by atoms with Crippen LogP contribution in [0.5, 0.6) is 0 Å². The topological polar surface area (TPSA) is 44.4 Å². The Morgan fingerprint density at radius 3 is 2.67 bits per heavy atom. The minimum atomic E-state index is -0.0543. The second-order valence-electron chi connectivity index (χ2n) is 6.06. The van der Waals surface area contributed by atoms with E-state index in [2.05, 4.69) is 43.2 Å². The van der Waals surface area contributed by atoms with Crippen molar-refractivity contribution in [2.75, 3.05) is 19.6 Å². The lowest BCUT2D eigenvalue weighted by atomic mass is 9.97. The predicted molar refractivity (Wildman–Crippen MR) is 75.6 cm³/mol. The van der Waals surface area contributed by atoms with Gasteiger partial charge in [0, 0.05) is 31.2 Å². The van der Waals surface area contributed by atoms with Gasteiger partial charge in [0.05, 0.1) is 6.04 Å². The lowest BCUT2D eigenvalue weighted by molar-refractivity contribution is -0.129. The number of hydrogen-bond acceptors (Lipinski definition) is 3. The monoisotopic (exact) mass is 255 g/mol. The molecular formula is C14H29N3O. The maximum absolute atomic E-state index is 12.2. The lowest BCUT2D eigenvalue weighted by Crippen LogP contribution is -2.63. The average molecular weight is 255 g/mol. The van der Waals surface area contributed by atoms with Crippen molar-refractivity contribution in [1.29, 1.82) is 0 Å². The molecule has 0 aromatic rings. The highest BCUT2D eigenvalue weighted by molar-refractivity contribution is 5.81. The molecule has 0 saturated carbocycles.